The van der Waals surface area contributed by atoms with Crippen molar-refractivity contribution < 1.29 is 14.8 Å². The van der Waals surface area contributed by atoms with E-state index in [-0.39, 0.29) is 11.9 Å². The van der Waals surface area contributed by atoms with Gasteiger partial charge in [-0.3, -0.25) is 4.79 Å². The number of halogens is 1. The van der Waals surface area contributed by atoms with Crippen molar-refractivity contribution in [3.63, 3.8) is 0 Å². The van der Waals surface area contributed by atoms with Gasteiger partial charge in [0.1, 0.15) is 18.4 Å². The maximum Gasteiger partial charge on any atom is 0.275 e. The average molecular weight is 348 g/mol. The van der Waals surface area contributed by atoms with Crippen molar-refractivity contribution in [1.82, 2.24) is 5.32 Å². The van der Waals surface area contributed by atoms with E-state index in [0.717, 1.165) is 21.9 Å². The molecule has 4 nitrogen and oxygen atoms in total. The van der Waals surface area contributed by atoms with Gasteiger partial charge < -0.3 is 15.4 Å². The third-order valence-electron chi connectivity index (χ3n) is 3.74. The second kappa shape index (κ2) is 9.30. The molecule has 1 amide bonds. The molecule has 1 atom stereocenters. The van der Waals surface area contributed by atoms with Gasteiger partial charge in [-0.1, -0.05) is 41.9 Å². The largest absolute Gasteiger partial charge is 0.492 e. The van der Waals surface area contributed by atoms with Gasteiger partial charge in [-0.05, 0) is 37.6 Å². The molecule has 0 unspecified atom stereocenters. The van der Waals surface area contributed by atoms with Crippen LogP contribution in [0.5, 0.6) is 5.75 Å². The van der Waals surface area contributed by atoms with E-state index in [4.69, 9.17) is 16.3 Å². The predicted octanol–water partition coefficient (Wildman–Crippen LogP) is 2.47. The lowest BCUT2D eigenvalue weighted by Crippen LogP contribution is -2.87. The Morgan fingerprint density at radius 1 is 1.25 bits per heavy atom. The number of nitrogens with two attached hydrogens (primary N) is 1. The smallest absolute Gasteiger partial charge is 0.275 e. The zero-order chi connectivity index (χ0) is 17.4. The van der Waals surface area contributed by atoms with E-state index in [1.807, 2.05) is 67.7 Å². The molecule has 0 saturated heterocycles. The lowest BCUT2D eigenvalue weighted by Gasteiger charge is -2.12. The molecule has 24 heavy (non-hydrogen) atoms. The normalized spacial score (nSPS) is 11.8. The Bertz CT molecular complexity index is 676. The Labute approximate surface area is 148 Å². The monoisotopic (exact) mass is 347 g/mol. The molecule has 2 aromatic rings. The number of benzene rings is 2. The van der Waals surface area contributed by atoms with Crippen LogP contribution in [0.1, 0.15) is 24.1 Å². The molecule has 0 heterocycles. The summed E-state index contributed by atoms with van der Waals surface area (Å²) in [5, 5.41) is 5.56. The number of nitrogens with one attached hydrogen (secondary N) is 1. The van der Waals surface area contributed by atoms with E-state index in [1.54, 1.807) is 0 Å². The number of hydrogen-bond acceptors (Lipinski definition) is 2. The molecule has 2 rings (SSSR count). The predicted molar refractivity (Wildman–Crippen MR) is 96.3 cm³/mol. The second-order valence-corrected chi connectivity index (χ2v) is 6.17. The molecule has 5 heteroatoms. The van der Waals surface area contributed by atoms with Crippen molar-refractivity contribution in [3.8, 4) is 5.75 Å². The van der Waals surface area contributed by atoms with E-state index >= 15 is 0 Å². The van der Waals surface area contributed by atoms with E-state index in [1.165, 1.54) is 0 Å². The molecule has 3 N–H and O–H groups in total. The zero-order valence-electron chi connectivity index (χ0n) is 14.1. The number of rotatable bonds is 8. The first kappa shape index (κ1) is 18.3. The molecule has 0 fully saturated rings. The molecule has 0 aliphatic rings. The van der Waals surface area contributed by atoms with Crippen molar-refractivity contribution in [2.45, 2.75) is 19.9 Å². The summed E-state index contributed by atoms with van der Waals surface area (Å²) in [7, 11) is 0. The first-order chi connectivity index (χ1) is 11.6. The number of quaternary nitrogens is 1. The number of hydrogen-bond donors (Lipinski definition) is 2. The third kappa shape index (κ3) is 5.87. The summed E-state index contributed by atoms with van der Waals surface area (Å²) in [6, 6.07) is 15.7. The number of amides is 1. The summed E-state index contributed by atoms with van der Waals surface area (Å²) in [4.78, 5) is 11.9. The maximum atomic E-state index is 11.9. The number of aryl methyl sites for hydroxylation is 1. The molecular weight excluding hydrogens is 324 g/mol. The highest BCUT2D eigenvalue weighted by Gasteiger charge is 2.13. The Morgan fingerprint density at radius 2 is 2.04 bits per heavy atom. The van der Waals surface area contributed by atoms with Crippen LogP contribution in [0.3, 0.4) is 0 Å². The molecule has 0 saturated carbocycles. The number of carbonyl (C=O) groups is 1. The molecule has 0 bridgehead atoms. The van der Waals surface area contributed by atoms with Crippen LogP contribution in [0.25, 0.3) is 0 Å². The quantitative estimate of drug-likeness (QED) is 0.721. The van der Waals surface area contributed by atoms with Crippen molar-refractivity contribution in [2.24, 2.45) is 0 Å². The fourth-order valence-corrected chi connectivity index (χ4v) is 2.70. The van der Waals surface area contributed by atoms with Crippen LogP contribution in [-0.2, 0) is 4.79 Å². The van der Waals surface area contributed by atoms with Gasteiger partial charge in [0.15, 0.2) is 6.54 Å². The summed E-state index contributed by atoms with van der Waals surface area (Å²) < 4.78 is 5.61. The minimum Gasteiger partial charge on any atom is -0.492 e. The van der Waals surface area contributed by atoms with Gasteiger partial charge in [0.25, 0.3) is 5.91 Å². The fourth-order valence-electron chi connectivity index (χ4n) is 2.39. The Morgan fingerprint density at radius 3 is 2.79 bits per heavy atom. The van der Waals surface area contributed by atoms with E-state index in [2.05, 4.69) is 5.32 Å². The summed E-state index contributed by atoms with van der Waals surface area (Å²) >= 11 is 6.17. The lowest BCUT2D eigenvalue weighted by atomic mass is 10.1. The number of ether oxygens (including phenoxy) is 1. The standard InChI is InChI=1S/C19H23ClN2O2/c1-14-6-5-7-16(12-14)24-11-10-21-19(23)13-22-15(2)17-8-3-4-9-18(17)20/h3-9,12,15,22H,10-11,13H2,1-2H3,(H,21,23)/p+1/t15-/m1/s1. The fraction of sp³-hybridized carbons (Fsp3) is 0.316. The van der Waals surface area contributed by atoms with Crippen LogP contribution >= 0.6 is 11.6 Å². The van der Waals surface area contributed by atoms with Gasteiger partial charge >= 0.3 is 0 Å². The Hall–Kier alpha value is -2.04. The molecule has 0 aliphatic carbocycles. The molecule has 0 aromatic heterocycles. The highest BCUT2D eigenvalue weighted by molar-refractivity contribution is 6.31. The number of carbonyl (C=O) groups excluding carboxylic acids is 1. The van der Waals surface area contributed by atoms with Gasteiger partial charge in [-0.2, -0.15) is 0 Å². The topological polar surface area (TPSA) is 54.9 Å². The van der Waals surface area contributed by atoms with Gasteiger partial charge in [0.05, 0.1) is 6.54 Å². The van der Waals surface area contributed by atoms with E-state index in [9.17, 15) is 4.79 Å². The summed E-state index contributed by atoms with van der Waals surface area (Å²) in [6.07, 6.45) is 0. The van der Waals surface area contributed by atoms with E-state index in [0.29, 0.717) is 19.7 Å². The van der Waals surface area contributed by atoms with Crippen molar-refractivity contribution >= 4 is 17.5 Å². The van der Waals surface area contributed by atoms with Crippen molar-refractivity contribution in [2.75, 3.05) is 19.7 Å². The summed E-state index contributed by atoms with van der Waals surface area (Å²) in [5.41, 5.74) is 2.19. The minimum absolute atomic E-state index is 0.0123. The van der Waals surface area contributed by atoms with Crippen LogP contribution in [0.15, 0.2) is 48.5 Å². The molecule has 2 aromatic carbocycles. The van der Waals surface area contributed by atoms with Crippen LogP contribution < -0.4 is 15.4 Å². The minimum atomic E-state index is -0.0123. The Balaban J connectivity index is 1.65. The third-order valence-corrected chi connectivity index (χ3v) is 4.08. The maximum absolute atomic E-state index is 11.9. The van der Waals surface area contributed by atoms with Crippen LogP contribution in [0, 0.1) is 6.92 Å². The summed E-state index contributed by atoms with van der Waals surface area (Å²) in [6.45, 7) is 5.35. The van der Waals surface area contributed by atoms with E-state index < -0.39 is 0 Å². The highest BCUT2D eigenvalue weighted by Crippen LogP contribution is 2.19. The van der Waals surface area contributed by atoms with Crippen LogP contribution in [0.4, 0.5) is 0 Å². The summed E-state index contributed by atoms with van der Waals surface area (Å²) in [5.74, 6) is 0.810. The lowest BCUT2D eigenvalue weighted by molar-refractivity contribution is -0.682. The second-order valence-electron chi connectivity index (χ2n) is 5.76. The molecule has 0 spiro atoms. The molecule has 0 radical (unpaired) electrons. The SMILES string of the molecule is Cc1cccc(OCCNC(=O)C[NH2+][C@H](C)c2ccccc2Cl)c1. The average Bonchev–Trinajstić information content (AvgIpc) is 2.57. The van der Waals surface area contributed by atoms with Crippen LogP contribution in [0.2, 0.25) is 5.02 Å². The van der Waals surface area contributed by atoms with Gasteiger partial charge in [0.2, 0.25) is 0 Å². The molecular formula is C19H24ClN2O2+. The molecule has 0 aliphatic heterocycles. The molecule has 128 valence electrons. The Kier molecular flexibility index (Phi) is 7.09. The van der Waals surface area contributed by atoms with Gasteiger partial charge in [0, 0.05) is 10.6 Å². The van der Waals surface area contributed by atoms with Gasteiger partial charge in [-0.25, -0.2) is 0 Å². The van der Waals surface area contributed by atoms with Gasteiger partial charge in [-0.15, -0.1) is 0 Å². The van der Waals surface area contributed by atoms with Crippen molar-refractivity contribution in [3.05, 3.63) is 64.7 Å². The first-order valence-electron chi connectivity index (χ1n) is 8.10. The first-order valence-corrected chi connectivity index (χ1v) is 8.48. The highest BCUT2D eigenvalue weighted by atomic mass is 35.5. The van der Waals surface area contributed by atoms with Crippen LogP contribution in [-0.4, -0.2) is 25.6 Å². The van der Waals surface area contributed by atoms with Crippen molar-refractivity contribution in [1.29, 1.82) is 0 Å². The zero-order valence-corrected chi connectivity index (χ0v) is 14.8.